The molecule has 0 saturated carbocycles. The van der Waals surface area contributed by atoms with Gasteiger partial charge in [0.2, 0.25) is 0 Å². The molecule has 7 nitrogen and oxygen atoms in total. The topological polar surface area (TPSA) is 80.3 Å². The molecule has 0 atom stereocenters. The largest absolute Gasteiger partial charge is 0.384 e. The van der Waals surface area contributed by atoms with Gasteiger partial charge in [0.15, 0.2) is 0 Å². The summed E-state index contributed by atoms with van der Waals surface area (Å²) in [5, 5.41) is 4.26. The molecule has 2 aromatic heterocycles. The van der Waals surface area contributed by atoms with Crippen molar-refractivity contribution in [2.24, 2.45) is 18.9 Å². The van der Waals surface area contributed by atoms with Gasteiger partial charge in [-0.1, -0.05) is 6.07 Å². The van der Waals surface area contributed by atoms with Crippen LogP contribution in [0.4, 0.5) is 5.82 Å². The van der Waals surface area contributed by atoms with Gasteiger partial charge in [0.25, 0.3) is 5.91 Å². The third-order valence-electron chi connectivity index (χ3n) is 6.28. The third kappa shape index (κ3) is 4.35. The summed E-state index contributed by atoms with van der Waals surface area (Å²) >= 11 is 0. The fraction of sp³-hybridized carbons (Fsp3) is 0.571. The number of anilines is 1. The molecule has 2 aliphatic heterocycles. The second kappa shape index (κ2) is 8.31. The number of aromatic nitrogens is 3. The highest BCUT2D eigenvalue weighted by Crippen LogP contribution is 2.33. The van der Waals surface area contributed by atoms with Crippen molar-refractivity contribution in [3.05, 3.63) is 41.9 Å². The maximum absolute atomic E-state index is 12.6. The van der Waals surface area contributed by atoms with Gasteiger partial charge in [-0.3, -0.25) is 14.4 Å². The molecule has 1 amide bonds. The number of nitrogens with zero attached hydrogens (tertiary/aromatic N) is 5. The van der Waals surface area contributed by atoms with E-state index >= 15 is 0 Å². The number of rotatable bonds is 4. The highest BCUT2D eigenvalue weighted by Gasteiger charge is 2.31. The number of nitrogens with two attached hydrogens (primary N) is 1. The maximum Gasteiger partial charge on any atom is 0.272 e. The van der Waals surface area contributed by atoms with Crippen LogP contribution in [0.1, 0.15) is 41.7 Å². The average molecular weight is 383 g/mol. The summed E-state index contributed by atoms with van der Waals surface area (Å²) in [4.78, 5) is 21.3. The first-order valence-corrected chi connectivity index (χ1v) is 10.3. The Bertz CT molecular complexity index is 803. The van der Waals surface area contributed by atoms with Gasteiger partial charge in [-0.15, -0.1) is 0 Å². The number of hydrogen-bond acceptors (Lipinski definition) is 5. The first-order valence-electron chi connectivity index (χ1n) is 10.3. The molecule has 2 N–H and O–H groups in total. The first-order chi connectivity index (χ1) is 13.6. The molecule has 150 valence electrons. The lowest BCUT2D eigenvalue weighted by molar-refractivity contribution is 0.0594. The molecule has 0 unspecified atom stereocenters. The number of nitrogen functional groups attached to an aromatic ring is 1. The van der Waals surface area contributed by atoms with E-state index in [1.807, 2.05) is 22.8 Å². The molecule has 0 spiro atoms. The first kappa shape index (κ1) is 18.9. The Labute approximate surface area is 166 Å². The van der Waals surface area contributed by atoms with Crippen LogP contribution in [0.5, 0.6) is 0 Å². The van der Waals surface area contributed by atoms with E-state index in [-0.39, 0.29) is 5.91 Å². The van der Waals surface area contributed by atoms with Crippen molar-refractivity contribution in [3.8, 4) is 0 Å². The van der Waals surface area contributed by atoms with E-state index in [0.29, 0.717) is 11.5 Å². The van der Waals surface area contributed by atoms with Crippen LogP contribution in [0.2, 0.25) is 0 Å². The fourth-order valence-electron chi connectivity index (χ4n) is 4.70. The molecule has 4 heterocycles. The van der Waals surface area contributed by atoms with Crippen LogP contribution in [0.3, 0.4) is 0 Å². The van der Waals surface area contributed by atoms with E-state index < -0.39 is 0 Å². The van der Waals surface area contributed by atoms with E-state index in [1.165, 1.54) is 18.4 Å². The van der Waals surface area contributed by atoms with Crippen LogP contribution >= 0.6 is 0 Å². The number of pyridine rings is 1. The second-order valence-electron chi connectivity index (χ2n) is 8.21. The lowest BCUT2D eigenvalue weighted by Gasteiger charge is -2.40. The van der Waals surface area contributed by atoms with Crippen LogP contribution in [-0.4, -0.2) is 56.7 Å². The van der Waals surface area contributed by atoms with Crippen molar-refractivity contribution in [1.29, 1.82) is 0 Å². The number of piperidine rings is 2. The van der Waals surface area contributed by atoms with Crippen molar-refractivity contribution in [1.82, 2.24) is 24.6 Å². The Morgan fingerprint density at radius 2 is 1.79 bits per heavy atom. The van der Waals surface area contributed by atoms with Gasteiger partial charge in [0.05, 0.1) is 6.20 Å². The predicted octanol–water partition coefficient (Wildman–Crippen LogP) is 2.16. The van der Waals surface area contributed by atoms with E-state index in [2.05, 4.69) is 21.2 Å². The number of amides is 1. The number of hydrogen-bond donors (Lipinski definition) is 1. The molecule has 0 bridgehead atoms. The fourth-order valence-corrected chi connectivity index (χ4v) is 4.70. The number of likely N-dealkylation sites (tertiary alicyclic amines) is 2. The summed E-state index contributed by atoms with van der Waals surface area (Å²) in [6, 6.07) is 5.26. The van der Waals surface area contributed by atoms with Crippen molar-refractivity contribution >= 4 is 11.7 Å². The summed E-state index contributed by atoms with van der Waals surface area (Å²) in [6.07, 6.45) is 8.79. The Morgan fingerprint density at radius 3 is 2.39 bits per heavy atom. The lowest BCUT2D eigenvalue weighted by atomic mass is 9.78. The molecule has 0 radical (unpaired) electrons. The highest BCUT2D eigenvalue weighted by atomic mass is 16.2. The van der Waals surface area contributed by atoms with Crippen LogP contribution in [0, 0.1) is 11.8 Å². The molecule has 0 aromatic carbocycles. The number of carbonyl (C=O) groups excluding carboxylic acids is 1. The summed E-state index contributed by atoms with van der Waals surface area (Å²) in [7, 11) is 1.97. The number of aryl methyl sites for hydroxylation is 1. The van der Waals surface area contributed by atoms with Crippen LogP contribution in [-0.2, 0) is 13.6 Å². The molecule has 7 heteroatoms. The van der Waals surface area contributed by atoms with Gasteiger partial charge in [-0.2, -0.15) is 5.10 Å². The normalized spacial score (nSPS) is 19.8. The quantitative estimate of drug-likeness (QED) is 0.876. The molecule has 0 aliphatic carbocycles. The molecule has 2 aromatic rings. The minimum absolute atomic E-state index is 0.0111. The van der Waals surface area contributed by atoms with Gasteiger partial charge < -0.3 is 10.6 Å². The van der Waals surface area contributed by atoms with Crippen molar-refractivity contribution in [3.63, 3.8) is 0 Å². The Balaban J connectivity index is 1.24. The maximum atomic E-state index is 12.6. The zero-order valence-electron chi connectivity index (χ0n) is 16.6. The third-order valence-corrected chi connectivity index (χ3v) is 6.28. The molecular weight excluding hydrogens is 352 g/mol. The minimum atomic E-state index is 0.0111. The Morgan fingerprint density at radius 1 is 1.11 bits per heavy atom. The Kier molecular flexibility index (Phi) is 5.62. The standard InChI is InChI=1S/C21H30N6O/c1-25-14-16(13-23-25)15-26-9-5-17(6-10-26)18-7-11-27(12-8-18)21(28)19-3-2-4-20(22)24-19/h2-4,13-14,17-18H,5-12,15H2,1H3,(H2,22,24). The molecule has 2 fully saturated rings. The SMILES string of the molecule is Cn1cc(CN2CCC(C3CCN(C(=O)c4cccc(N)n4)CC3)CC2)cn1. The summed E-state index contributed by atoms with van der Waals surface area (Å²) in [6.45, 7) is 4.98. The van der Waals surface area contributed by atoms with E-state index in [4.69, 9.17) is 5.73 Å². The molecular formula is C21H30N6O. The zero-order valence-corrected chi connectivity index (χ0v) is 16.6. The number of carbonyl (C=O) groups is 1. The van der Waals surface area contributed by atoms with E-state index in [9.17, 15) is 4.79 Å². The highest BCUT2D eigenvalue weighted by molar-refractivity contribution is 5.92. The molecule has 2 saturated heterocycles. The van der Waals surface area contributed by atoms with Crippen molar-refractivity contribution in [2.75, 3.05) is 31.9 Å². The minimum Gasteiger partial charge on any atom is -0.384 e. The van der Waals surface area contributed by atoms with Gasteiger partial charge >= 0.3 is 0 Å². The lowest BCUT2D eigenvalue weighted by Crippen LogP contribution is -2.42. The van der Waals surface area contributed by atoms with Crippen LogP contribution in [0.25, 0.3) is 0 Å². The van der Waals surface area contributed by atoms with Gasteiger partial charge in [0, 0.05) is 38.4 Å². The predicted molar refractivity (Wildman–Crippen MR) is 108 cm³/mol. The van der Waals surface area contributed by atoms with Crippen LogP contribution < -0.4 is 5.73 Å². The zero-order chi connectivity index (χ0) is 19.5. The molecule has 4 rings (SSSR count). The van der Waals surface area contributed by atoms with Crippen molar-refractivity contribution in [2.45, 2.75) is 32.2 Å². The molecule has 2 aliphatic rings. The smallest absolute Gasteiger partial charge is 0.272 e. The van der Waals surface area contributed by atoms with Gasteiger partial charge in [-0.25, -0.2) is 4.98 Å². The monoisotopic (exact) mass is 382 g/mol. The van der Waals surface area contributed by atoms with Crippen molar-refractivity contribution < 1.29 is 4.79 Å². The van der Waals surface area contributed by atoms with E-state index in [0.717, 1.165) is 57.4 Å². The molecule has 28 heavy (non-hydrogen) atoms. The summed E-state index contributed by atoms with van der Waals surface area (Å²) < 4.78 is 1.87. The summed E-state index contributed by atoms with van der Waals surface area (Å²) in [5.41, 5.74) is 7.47. The second-order valence-corrected chi connectivity index (χ2v) is 8.21. The van der Waals surface area contributed by atoms with Crippen LogP contribution in [0.15, 0.2) is 30.6 Å². The Hall–Kier alpha value is -2.41. The average Bonchev–Trinajstić information content (AvgIpc) is 3.13. The summed E-state index contributed by atoms with van der Waals surface area (Å²) in [5.74, 6) is 1.93. The van der Waals surface area contributed by atoms with E-state index in [1.54, 1.807) is 18.2 Å². The van der Waals surface area contributed by atoms with Gasteiger partial charge in [0.1, 0.15) is 11.5 Å². The van der Waals surface area contributed by atoms with Gasteiger partial charge in [-0.05, 0) is 62.7 Å².